The molecule has 0 radical (unpaired) electrons. The Hall–Kier alpha value is -4.12. The third kappa shape index (κ3) is 6.22. The standard InChI is InChI=1S/C34H31ClFN3O5S/c1-44-22-12-15-38(16-13-22)28-7-3-4-24-23(28)14-17-39(32(24)29(40)18-20-8-10-21(11-9-20)34(42)43)33(41)30-19-27(37-45-30)25-5-2-6-26(35)31(25)36/h2-11,19,22,32H,12-18H2,1H3,(H,42,43). The Morgan fingerprint density at radius 1 is 1.04 bits per heavy atom. The van der Waals surface area contributed by atoms with Crippen LogP contribution in [0.3, 0.4) is 0 Å². The van der Waals surface area contributed by atoms with Crippen LogP contribution in [0.25, 0.3) is 11.3 Å². The summed E-state index contributed by atoms with van der Waals surface area (Å²) in [6, 6.07) is 17.4. The number of anilines is 1. The Bertz CT molecular complexity index is 1750. The second-order valence-corrected chi connectivity index (χ2v) is 12.5. The molecule has 3 aromatic carbocycles. The molecule has 0 spiro atoms. The number of carbonyl (C=O) groups excluding carboxylic acids is 2. The molecule has 1 unspecified atom stereocenters. The maximum absolute atomic E-state index is 14.7. The summed E-state index contributed by atoms with van der Waals surface area (Å²) in [4.78, 5) is 43.8. The molecule has 232 valence electrons. The number of aromatic carboxylic acids is 1. The molecule has 1 atom stereocenters. The van der Waals surface area contributed by atoms with Crippen molar-refractivity contribution in [2.45, 2.75) is 37.8 Å². The lowest BCUT2D eigenvalue weighted by Crippen LogP contribution is -2.45. The SMILES string of the molecule is COC1CCN(c2cccc3c2CCN(C(=O)c2cc(-c4cccc(Cl)c4F)ns2)C3C(=O)Cc2ccc(C(=O)O)cc2)CC1. The van der Waals surface area contributed by atoms with Crippen LogP contribution in [0.2, 0.25) is 5.02 Å². The number of ether oxygens (including phenoxy) is 1. The van der Waals surface area contributed by atoms with E-state index in [1.165, 1.54) is 18.2 Å². The molecule has 3 heterocycles. The molecule has 2 aliphatic rings. The van der Waals surface area contributed by atoms with Crippen molar-refractivity contribution in [3.05, 3.63) is 105 Å². The van der Waals surface area contributed by atoms with Gasteiger partial charge in [0.1, 0.15) is 10.9 Å². The normalized spacial score (nSPS) is 16.8. The summed E-state index contributed by atoms with van der Waals surface area (Å²) in [6.45, 7) is 1.97. The predicted molar refractivity (Wildman–Crippen MR) is 171 cm³/mol. The smallest absolute Gasteiger partial charge is 0.335 e. The largest absolute Gasteiger partial charge is 0.478 e. The number of benzene rings is 3. The average molecular weight is 648 g/mol. The van der Waals surface area contributed by atoms with Crippen LogP contribution in [0.1, 0.15) is 55.6 Å². The molecule has 6 rings (SSSR count). The summed E-state index contributed by atoms with van der Waals surface area (Å²) in [5.74, 6) is -2.21. The first kappa shape index (κ1) is 30.9. The van der Waals surface area contributed by atoms with Gasteiger partial charge in [0.2, 0.25) is 0 Å². The average Bonchev–Trinajstić information content (AvgIpc) is 3.55. The highest BCUT2D eigenvalue weighted by atomic mass is 35.5. The van der Waals surface area contributed by atoms with Crippen molar-refractivity contribution in [3.63, 3.8) is 0 Å². The van der Waals surface area contributed by atoms with Crippen LogP contribution in [-0.2, 0) is 22.4 Å². The van der Waals surface area contributed by atoms with E-state index in [0.29, 0.717) is 24.2 Å². The minimum atomic E-state index is -1.05. The van der Waals surface area contributed by atoms with E-state index in [1.54, 1.807) is 42.3 Å². The van der Waals surface area contributed by atoms with Crippen LogP contribution in [0, 0.1) is 5.82 Å². The van der Waals surface area contributed by atoms with Crippen molar-refractivity contribution in [3.8, 4) is 11.3 Å². The molecule has 0 saturated carbocycles. The minimum Gasteiger partial charge on any atom is -0.478 e. The van der Waals surface area contributed by atoms with Gasteiger partial charge in [-0.25, -0.2) is 9.18 Å². The summed E-state index contributed by atoms with van der Waals surface area (Å²) in [5, 5.41) is 9.25. The third-order valence-electron chi connectivity index (χ3n) is 8.61. The van der Waals surface area contributed by atoms with Crippen molar-refractivity contribution in [1.29, 1.82) is 0 Å². The summed E-state index contributed by atoms with van der Waals surface area (Å²) in [5.41, 5.74) is 4.16. The molecule has 11 heteroatoms. The van der Waals surface area contributed by atoms with Crippen LogP contribution in [0.15, 0.2) is 66.7 Å². The van der Waals surface area contributed by atoms with Crippen molar-refractivity contribution in [2.24, 2.45) is 0 Å². The van der Waals surface area contributed by atoms with Crippen LogP contribution >= 0.6 is 23.1 Å². The topological polar surface area (TPSA) is 100 Å². The fraction of sp³-hybridized carbons (Fsp3) is 0.294. The summed E-state index contributed by atoms with van der Waals surface area (Å²) >= 11 is 6.93. The van der Waals surface area contributed by atoms with Gasteiger partial charge in [-0.05, 0) is 83.9 Å². The summed E-state index contributed by atoms with van der Waals surface area (Å²) in [6.07, 6.45) is 2.60. The van der Waals surface area contributed by atoms with Crippen LogP contribution in [-0.4, -0.2) is 64.9 Å². The molecule has 0 aliphatic carbocycles. The first-order chi connectivity index (χ1) is 21.7. The number of hydrogen-bond donors (Lipinski definition) is 1. The Balaban J connectivity index is 1.34. The molecule has 0 bridgehead atoms. The van der Waals surface area contributed by atoms with Gasteiger partial charge in [0.15, 0.2) is 11.6 Å². The molecular weight excluding hydrogens is 617 g/mol. The van der Waals surface area contributed by atoms with Gasteiger partial charge < -0.3 is 19.6 Å². The van der Waals surface area contributed by atoms with E-state index in [-0.39, 0.29) is 45.2 Å². The van der Waals surface area contributed by atoms with Crippen molar-refractivity contribution >= 4 is 46.5 Å². The maximum atomic E-state index is 14.7. The highest BCUT2D eigenvalue weighted by Gasteiger charge is 2.38. The van der Waals surface area contributed by atoms with Crippen LogP contribution < -0.4 is 4.90 Å². The quantitative estimate of drug-likeness (QED) is 0.234. The number of methoxy groups -OCH3 is 1. The number of fused-ring (bicyclic) bond motifs is 1. The van der Waals surface area contributed by atoms with E-state index < -0.39 is 17.8 Å². The molecule has 1 N–H and O–H groups in total. The highest BCUT2D eigenvalue weighted by Crippen LogP contribution is 2.39. The number of nitrogens with zero attached hydrogens (tertiary/aromatic N) is 3. The molecule has 1 saturated heterocycles. The fourth-order valence-electron chi connectivity index (χ4n) is 6.25. The second kappa shape index (κ2) is 13.1. The number of Topliss-reactive ketones (excluding diaryl/α,β-unsaturated/α-hetero) is 1. The zero-order valence-corrected chi connectivity index (χ0v) is 26.1. The van der Waals surface area contributed by atoms with E-state index in [1.807, 2.05) is 12.1 Å². The molecule has 1 fully saturated rings. The first-order valence-corrected chi connectivity index (χ1v) is 15.9. The number of aromatic nitrogens is 1. The lowest BCUT2D eigenvalue weighted by atomic mass is 9.86. The lowest BCUT2D eigenvalue weighted by molar-refractivity contribution is -0.123. The Kier molecular flexibility index (Phi) is 8.98. The number of rotatable bonds is 8. The number of carboxylic acids is 1. The number of piperidine rings is 1. The van der Waals surface area contributed by atoms with Crippen molar-refractivity contribution < 1.29 is 28.6 Å². The predicted octanol–water partition coefficient (Wildman–Crippen LogP) is 6.47. The van der Waals surface area contributed by atoms with E-state index in [9.17, 15) is 23.9 Å². The van der Waals surface area contributed by atoms with Gasteiger partial charge in [0.05, 0.1) is 22.4 Å². The molecule has 4 aromatic rings. The fourth-order valence-corrected chi connectivity index (χ4v) is 7.14. The number of halogens is 2. The number of carbonyl (C=O) groups is 3. The number of carboxylic acid groups (broad SMARTS) is 1. The summed E-state index contributed by atoms with van der Waals surface area (Å²) < 4.78 is 24.6. The van der Waals surface area contributed by atoms with E-state index in [0.717, 1.165) is 54.3 Å². The Morgan fingerprint density at radius 3 is 2.49 bits per heavy atom. The number of ketones is 1. The molecule has 1 amide bonds. The first-order valence-electron chi connectivity index (χ1n) is 14.7. The number of hydrogen-bond acceptors (Lipinski definition) is 7. The van der Waals surface area contributed by atoms with Crippen molar-refractivity contribution in [1.82, 2.24) is 9.27 Å². The zero-order chi connectivity index (χ0) is 31.7. The van der Waals surface area contributed by atoms with E-state index in [2.05, 4.69) is 15.3 Å². The molecule has 2 aliphatic heterocycles. The van der Waals surface area contributed by atoms with Gasteiger partial charge in [0, 0.05) is 44.4 Å². The summed E-state index contributed by atoms with van der Waals surface area (Å²) in [7, 11) is 1.74. The van der Waals surface area contributed by atoms with Gasteiger partial charge in [-0.3, -0.25) is 9.59 Å². The van der Waals surface area contributed by atoms with Gasteiger partial charge in [-0.15, -0.1) is 0 Å². The number of amides is 1. The molecule has 45 heavy (non-hydrogen) atoms. The van der Waals surface area contributed by atoms with Crippen molar-refractivity contribution in [2.75, 3.05) is 31.6 Å². The molecule has 1 aromatic heterocycles. The second-order valence-electron chi connectivity index (χ2n) is 11.2. The van der Waals surface area contributed by atoms with Crippen LogP contribution in [0.4, 0.5) is 10.1 Å². The Labute approximate surface area is 269 Å². The van der Waals surface area contributed by atoms with E-state index >= 15 is 0 Å². The van der Waals surface area contributed by atoms with Gasteiger partial charge in [-0.1, -0.05) is 41.9 Å². The molecule has 8 nitrogen and oxygen atoms in total. The Morgan fingerprint density at radius 2 is 1.78 bits per heavy atom. The third-order valence-corrected chi connectivity index (χ3v) is 9.68. The van der Waals surface area contributed by atoms with Gasteiger partial charge >= 0.3 is 5.97 Å². The van der Waals surface area contributed by atoms with Crippen LogP contribution in [0.5, 0.6) is 0 Å². The maximum Gasteiger partial charge on any atom is 0.335 e. The van der Waals surface area contributed by atoms with E-state index in [4.69, 9.17) is 16.3 Å². The van der Waals surface area contributed by atoms with Gasteiger partial charge in [-0.2, -0.15) is 4.37 Å². The lowest BCUT2D eigenvalue weighted by Gasteiger charge is -2.40. The molecular formula is C34H31ClFN3O5S. The highest BCUT2D eigenvalue weighted by molar-refractivity contribution is 7.08. The monoisotopic (exact) mass is 647 g/mol. The van der Waals surface area contributed by atoms with Gasteiger partial charge in [0.25, 0.3) is 5.91 Å². The zero-order valence-electron chi connectivity index (χ0n) is 24.5. The minimum absolute atomic E-state index is 0.0128.